The summed E-state index contributed by atoms with van der Waals surface area (Å²) in [4.78, 5) is 23.4. The lowest BCUT2D eigenvalue weighted by atomic mass is 10.0. The third-order valence-electron chi connectivity index (χ3n) is 2.99. The Morgan fingerprint density at radius 1 is 1.30 bits per heavy atom. The van der Waals surface area contributed by atoms with Crippen LogP contribution in [-0.2, 0) is 14.3 Å². The third kappa shape index (κ3) is 4.66. The minimum absolute atomic E-state index is 0.219. The molecule has 0 saturated carbocycles. The van der Waals surface area contributed by atoms with Crippen molar-refractivity contribution in [3.05, 3.63) is 35.4 Å². The number of ether oxygens (including phenoxy) is 1. The monoisotopic (exact) mass is 278 g/mol. The van der Waals surface area contributed by atoms with Gasteiger partial charge in [-0.15, -0.1) is 0 Å². The molecule has 0 radical (unpaired) electrons. The molecule has 20 heavy (non-hydrogen) atoms. The zero-order valence-corrected chi connectivity index (χ0v) is 12.2. The summed E-state index contributed by atoms with van der Waals surface area (Å²) < 4.78 is 4.87. The maximum atomic E-state index is 11.9. The van der Waals surface area contributed by atoms with Gasteiger partial charge >= 0.3 is 5.97 Å². The van der Waals surface area contributed by atoms with E-state index in [1.165, 1.54) is 0 Å². The molecule has 0 heterocycles. The molecule has 5 heteroatoms. The molecule has 3 N–H and O–H groups in total. The lowest BCUT2D eigenvalue weighted by molar-refractivity contribution is -0.147. The highest BCUT2D eigenvalue weighted by Crippen LogP contribution is 2.11. The quantitative estimate of drug-likeness (QED) is 0.769. The van der Waals surface area contributed by atoms with Crippen molar-refractivity contribution in [2.75, 3.05) is 13.2 Å². The Bertz CT molecular complexity index is 457. The molecule has 0 aliphatic heterocycles. The van der Waals surface area contributed by atoms with Gasteiger partial charge in [-0.3, -0.25) is 9.59 Å². The van der Waals surface area contributed by atoms with E-state index < -0.39 is 6.04 Å². The molecule has 110 valence electrons. The Balaban J connectivity index is 2.50. The minimum Gasteiger partial charge on any atom is -0.466 e. The van der Waals surface area contributed by atoms with Crippen molar-refractivity contribution < 1.29 is 14.3 Å². The van der Waals surface area contributed by atoms with E-state index in [1.54, 1.807) is 13.8 Å². The summed E-state index contributed by atoms with van der Waals surface area (Å²) in [5.74, 6) is -1.01. The van der Waals surface area contributed by atoms with Crippen molar-refractivity contribution in [1.29, 1.82) is 0 Å². The molecule has 2 atom stereocenters. The van der Waals surface area contributed by atoms with Gasteiger partial charge in [-0.25, -0.2) is 0 Å². The lowest BCUT2D eigenvalue weighted by Crippen LogP contribution is -2.38. The highest BCUT2D eigenvalue weighted by molar-refractivity contribution is 5.83. The Hall–Kier alpha value is -1.88. The molecule has 0 bridgehead atoms. The number of amides is 1. The standard InChI is InChI=1S/C15H22N2O3/c1-4-20-15(19)11(3)9-17-14(18)13(16)12-7-5-10(2)6-8-12/h5-8,11,13H,4,9,16H2,1-3H3,(H,17,18). The second-order valence-electron chi connectivity index (χ2n) is 4.79. The van der Waals surface area contributed by atoms with Crippen LogP contribution in [0.1, 0.15) is 31.0 Å². The molecular weight excluding hydrogens is 256 g/mol. The summed E-state index contributed by atoms with van der Waals surface area (Å²) in [5, 5.41) is 2.67. The molecule has 0 spiro atoms. The van der Waals surface area contributed by atoms with Gasteiger partial charge in [0.1, 0.15) is 6.04 Å². The minimum atomic E-state index is -0.731. The van der Waals surface area contributed by atoms with E-state index in [-0.39, 0.29) is 24.3 Å². The maximum absolute atomic E-state index is 11.9. The zero-order valence-electron chi connectivity index (χ0n) is 12.2. The van der Waals surface area contributed by atoms with Gasteiger partial charge in [0.15, 0.2) is 0 Å². The summed E-state index contributed by atoms with van der Waals surface area (Å²) in [6.45, 7) is 5.97. The third-order valence-corrected chi connectivity index (χ3v) is 2.99. The van der Waals surface area contributed by atoms with Crippen molar-refractivity contribution in [1.82, 2.24) is 5.32 Å². The molecule has 2 unspecified atom stereocenters. The first-order chi connectivity index (χ1) is 9.45. The number of esters is 1. The van der Waals surface area contributed by atoms with Gasteiger partial charge in [-0.05, 0) is 19.4 Å². The SMILES string of the molecule is CCOC(=O)C(C)CNC(=O)C(N)c1ccc(C)cc1. The van der Waals surface area contributed by atoms with Crippen molar-refractivity contribution in [3.8, 4) is 0 Å². The van der Waals surface area contributed by atoms with Crippen LogP contribution in [0.5, 0.6) is 0 Å². The topological polar surface area (TPSA) is 81.4 Å². The van der Waals surface area contributed by atoms with Crippen LogP contribution >= 0.6 is 0 Å². The maximum Gasteiger partial charge on any atom is 0.310 e. The summed E-state index contributed by atoms with van der Waals surface area (Å²) in [7, 11) is 0. The summed E-state index contributed by atoms with van der Waals surface area (Å²) in [5.41, 5.74) is 7.74. The van der Waals surface area contributed by atoms with E-state index in [0.717, 1.165) is 11.1 Å². The number of carbonyl (C=O) groups is 2. The molecule has 0 fully saturated rings. The number of hydrogen-bond acceptors (Lipinski definition) is 4. The Morgan fingerprint density at radius 2 is 1.90 bits per heavy atom. The number of hydrogen-bond donors (Lipinski definition) is 2. The highest BCUT2D eigenvalue weighted by atomic mass is 16.5. The number of nitrogens with one attached hydrogen (secondary N) is 1. The van der Waals surface area contributed by atoms with E-state index in [9.17, 15) is 9.59 Å². The van der Waals surface area contributed by atoms with Crippen LogP contribution in [0.4, 0.5) is 0 Å². The fourth-order valence-electron chi connectivity index (χ4n) is 1.66. The first-order valence-electron chi connectivity index (χ1n) is 6.72. The van der Waals surface area contributed by atoms with Gasteiger partial charge in [0, 0.05) is 6.54 Å². The van der Waals surface area contributed by atoms with Gasteiger partial charge in [0.2, 0.25) is 5.91 Å². The first-order valence-corrected chi connectivity index (χ1v) is 6.72. The van der Waals surface area contributed by atoms with E-state index in [2.05, 4.69) is 5.32 Å². The molecule has 1 aromatic rings. The number of carbonyl (C=O) groups excluding carboxylic acids is 2. The predicted molar refractivity (Wildman–Crippen MR) is 76.9 cm³/mol. The summed E-state index contributed by atoms with van der Waals surface area (Å²) in [6.07, 6.45) is 0. The number of benzene rings is 1. The molecule has 1 aromatic carbocycles. The van der Waals surface area contributed by atoms with Gasteiger partial charge in [-0.1, -0.05) is 36.8 Å². The van der Waals surface area contributed by atoms with Crippen molar-refractivity contribution in [2.24, 2.45) is 11.7 Å². The highest BCUT2D eigenvalue weighted by Gasteiger charge is 2.19. The average molecular weight is 278 g/mol. The van der Waals surface area contributed by atoms with E-state index in [0.29, 0.717) is 6.61 Å². The van der Waals surface area contributed by atoms with Crippen molar-refractivity contribution >= 4 is 11.9 Å². The van der Waals surface area contributed by atoms with Gasteiger partial charge in [0.25, 0.3) is 0 Å². The summed E-state index contributed by atoms with van der Waals surface area (Å²) >= 11 is 0. The predicted octanol–water partition coefficient (Wildman–Crippen LogP) is 1.31. The number of nitrogens with two attached hydrogens (primary N) is 1. The van der Waals surface area contributed by atoms with Gasteiger partial charge < -0.3 is 15.8 Å². The van der Waals surface area contributed by atoms with Gasteiger partial charge in [-0.2, -0.15) is 0 Å². The van der Waals surface area contributed by atoms with Crippen LogP contribution in [0, 0.1) is 12.8 Å². The second kappa shape index (κ2) is 7.65. The molecule has 1 amide bonds. The van der Waals surface area contributed by atoms with Crippen LogP contribution < -0.4 is 11.1 Å². The Morgan fingerprint density at radius 3 is 2.45 bits per heavy atom. The fraction of sp³-hybridized carbons (Fsp3) is 0.467. The van der Waals surface area contributed by atoms with Crippen LogP contribution in [0.25, 0.3) is 0 Å². The number of aryl methyl sites for hydroxylation is 1. The van der Waals surface area contributed by atoms with Crippen LogP contribution in [0.3, 0.4) is 0 Å². The Labute approximate surface area is 119 Å². The zero-order chi connectivity index (χ0) is 15.1. The Kier molecular flexibility index (Phi) is 6.18. The van der Waals surface area contributed by atoms with Crippen molar-refractivity contribution in [2.45, 2.75) is 26.8 Å². The molecular formula is C15H22N2O3. The molecule has 0 aromatic heterocycles. The molecule has 0 aliphatic carbocycles. The molecule has 1 rings (SSSR count). The molecule has 5 nitrogen and oxygen atoms in total. The first kappa shape index (κ1) is 16.2. The molecule has 0 aliphatic rings. The van der Waals surface area contributed by atoms with Crippen molar-refractivity contribution in [3.63, 3.8) is 0 Å². The van der Waals surface area contributed by atoms with Crippen LogP contribution in [-0.4, -0.2) is 25.0 Å². The van der Waals surface area contributed by atoms with E-state index in [1.807, 2.05) is 31.2 Å². The normalized spacial score (nSPS) is 13.4. The number of rotatable bonds is 6. The average Bonchev–Trinajstić information content (AvgIpc) is 2.44. The largest absolute Gasteiger partial charge is 0.466 e. The fourth-order valence-corrected chi connectivity index (χ4v) is 1.66. The summed E-state index contributed by atoms with van der Waals surface area (Å²) in [6, 6.07) is 6.74. The van der Waals surface area contributed by atoms with E-state index in [4.69, 9.17) is 10.5 Å². The van der Waals surface area contributed by atoms with Crippen LogP contribution in [0.2, 0.25) is 0 Å². The second-order valence-corrected chi connectivity index (χ2v) is 4.79. The smallest absolute Gasteiger partial charge is 0.310 e. The molecule has 0 saturated heterocycles. The van der Waals surface area contributed by atoms with Gasteiger partial charge in [0.05, 0.1) is 12.5 Å². The van der Waals surface area contributed by atoms with E-state index >= 15 is 0 Å². The van der Waals surface area contributed by atoms with Crippen LogP contribution in [0.15, 0.2) is 24.3 Å². The lowest BCUT2D eigenvalue weighted by Gasteiger charge is -2.15.